The van der Waals surface area contributed by atoms with Gasteiger partial charge in [-0.15, -0.1) is 16.6 Å². The number of hydrogen-bond donors (Lipinski definition) is 3. The predicted octanol–water partition coefficient (Wildman–Crippen LogP) is 1.78. The van der Waals surface area contributed by atoms with Crippen LogP contribution >= 0.6 is 0 Å². The van der Waals surface area contributed by atoms with E-state index in [9.17, 15) is 14.4 Å². The number of esters is 1. The summed E-state index contributed by atoms with van der Waals surface area (Å²) in [6, 6.07) is 10.0. The highest BCUT2D eigenvalue weighted by molar-refractivity contribution is 5.97. The standard InChI is InChI=1S/C28H28N8O4/c1-4-13-36(24-11-7-18-14-23-21(15-20(18)24)27(38)30-16(2)29-23)19-8-5-17(6-9-19)26(37)31-22(28(39)40-3)10-12-25-32-34-35-33-25/h1,5-6,8-9,14-15,22,24H,7,10-13H2,2-3H3,(H,31,37)(H,29,30,38)(H,32,33,34,35)/t22-,24-/m0/s1. The summed E-state index contributed by atoms with van der Waals surface area (Å²) in [5.74, 6) is 2.76. The predicted molar refractivity (Wildman–Crippen MR) is 147 cm³/mol. The number of rotatable bonds is 9. The Kier molecular flexibility index (Phi) is 7.54. The van der Waals surface area contributed by atoms with Gasteiger partial charge in [0.15, 0.2) is 5.82 Å². The van der Waals surface area contributed by atoms with Crippen LogP contribution in [0, 0.1) is 19.3 Å². The number of hydrogen-bond acceptors (Lipinski definition) is 9. The average Bonchev–Trinajstić information content (AvgIpc) is 3.62. The van der Waals surface area contributed by atoms with E-state index in [1.54, 1.807) is 19.1 Å². The number of ether oxygens (including phenoxy) is 1. The first-order valence-electron chi connectivity index (χ1n) is 12.8. The molecule has 3 N–H and O–H groups in total. The van der Waals surface area contributed by atoms with Crippen molar-refractivity contribution in [3.63, 3.8) is 0 Å². The lowest BCUT2D eigenvalue weighted by Crippen LogP contribution is -2.42. The Morgan fingerprint density at radius 2 is 2.08 bits per heavy atom. The quantitative estimate of drug-likeness (QED) is 0.212. The minimum absolute atomic E-state index is 0.0373. The molecular weight excluding hydrogens is 512 g/mol. The summed E-state index contributed by atoms with van der Waals surface area (Å²) < 4.78 is 4.85. The fraction of sp³-hybridized carbons (Fsp3) is 0.321. The van der Waals surface area contributed by atoms with Gasteiger partial charge in [-0.2, -0.15) is 5.21 Å². The van der Waals surface area contributed by atoms with Gasteiger partial charge in [-0.25, -0.2) is 9.78 Å². The molecule has 0 saturated heterocycles. The van der Waals surface area contributed by atoms with Crippen LogP contribution in [0.5, 0.6) is 0 Å². The number of aromatic nitrogens is 6. The molecule has 0 unspecified atom stereocenters. The number of nitrogens with zero attached hydrogens (tertiary/aromatic N) is 5. The van der Waals surface area contributed by atoms with Gasteiger partial charge in [0.1, 0.15) is 11.9 Å². The second-order valence-corrected chi connectivity index (χ2v) is 9.57. The van der Waals surface area contributed by atoms with E-state index in [4.69, 9.17) is 11.2 Å². The van der Waals surface area contributed by atoms with Crippen LogP contribution in [0.4, 0.5) is 5.69 Å². The van der Waals surface area contributed by atoms with E-state index in [1.165, 1.54) is 7.11 Å². The van der Waals surface area contributed by atoms with Crippen molar-refractivity contribution >= 4 is 28.5 Å². The van der Waals surface area contributed by atoms with Crippen LogP contribution in [0.2, 0.25) is 0 Å². The summed E-state index contributed by atoms with van der Waals surface area (Å²) in [4.78, 5) is 47.2. The zero-order chi connectivity index (χ0) is 28.2. The molecule has 2 aromatic heterocycles. The SMILES string of the molecule is C#CCN(c1ccc(C(=O)N[C@@H](CCc2nn[nH]n2)C(=O)OC)cc1)[C@H]1CCc2cc3nc(C)[nH]c(=O)c3cc21. The number of nitrogens with one attached hydrogen (secondary N) is 3. The molecule has 2 aromatic carbocycles. The fourth-order valence-corrected chi connectivity index (χ4v) is 5.14. The monoisotopic (exact) mass is 540 g/mol. The van der Waals surface area contributed by atoms with Crippen molar-refractivity contribution in [2.45, 2.75) is 44.7 Å². The number of tetrazole rings is 1. The van der Waals surface area contributed by atoms with Crippen molar-refractivity contribution in [2.24, 2.45) is 0 Å². The van der Waals surface area contributed by atoms with Gasteiger partial charge < -0.3 is 19.9 Å². The minimum atomic E-state index is -0.875. The average molecular weight is 541 g/mol. The molecule has 0 radical (unpaired) electrons. The number of anilines is 1. The number of methoxy groups -OCH3 is 1. The molecule has 2 heterocycles. The first kappa shape index (κ1) is 26.6. The lowest BCUT2D eigenvalue weighted by molar-refractivity contribution is -0.143. The molecule has 0 spiro atoms. The van der Waals surface area contributed by atoms with Crippen molar-refractivity contribution in [1.29, 1.82) is 0 Å². The van der Waals surface area contributed by atoms with Crippen molar-refractivity contribution < 1.29 is 14.3 Å². The topological polar surface area (TPSA) is 159 Å². The molecule has 0 bridgehead atoms. The van der Waals surface area contributed by atoms with Gasteiger partial charge in [0.25, 0.3) is 11.5 Å². The second kappa shape index (κ2) is 11.4. The third-order valence-electron chi connectivity index (χ3n) is 7.07. The molecular formula is C28H28N8O4. The number of aromatic amines is 2. The molecule has 0 fully saturated rings. The molecule has 204 valence electrons. The minimum Gasteiger partial charge on any atom is -0.467 e. The highest BCUT2D eigenvalue weighted by atomic mass is 16.5. The number of amides is 1. The first-order valence-corrected chi connectivity index (χ1v) is 12.8. The van der Waals surface area contributed by atoms with E-state index in [-0.39, 0.29) is 18.0 Å². The molecule has 12 heteroatoms. The molecule has 0 aliphatic heterocycles. The van der Waals surface area contributed by atoms with Crippen LogP contribution in [0.3, 0.4) is 0 Å². The van der Waals surface area contributed by atoms with Crippen LogP contribution in [0.1, 0.15) is 52.0 Å². The van der Waals surface area contributed by atoms with E-state index < -0.39 is 17.9 Å². The van der Waals surface area contributed by atoms with Crippen LogP contribution in [0.25, 0.3) is 10.9 Å². The van der Waals surface area contributed by atoms with Crippen LogP contribution in [-0.2, 0) is 22.4 Å². The molecule has 5 rings (SSSR count). The molecule has 40 heavy (non-hydrogen) atoms. The smallest absolute Gasteiger partial charge is 0.328 e. The zero-order valence-electron chi connectivity index (χ0n) is 22.1. The van der Waals surface area contributed by atoms with Crippen LogP contribution in [0.15, 0.2) is 41.2 Å². The Balaban J connectivity index is 1.35. The van der Waals surface area contributed by atoms with Gasteiger partial charge in [0.05, 0.1) is 30.6 Å². The summed E-state index contributed by atoms with van der Waals surface area (Å²) in [7, 11) is 1.27. The van der Waals surface area contributed by atoms with Crippen molar-refractivity contribution in [3.8, 4) is 12.3 Å². The summed E-state index contributed by atoms with van der Waals surface area (Å²) in [6.07, 6.45) is 7.99. The third-order valence-corrected chi connectivity index (χ3v) is 7.07. The van der Waals surface area contributed by atoms with E-state index in [0.29, 0.717) is 41.1 Å². The molecule has 1 amide bonds. The van der Waals surface area contributed by atoms with E-state index in [1.807, 2.05) is 24.3 Å². The number of carbonyl (C=O) groups excluding carboxylic acids is 2. The summed E-state index contributed by atoms with van der Waals surface area (Å²) in [6.45, 7) is 2.11. The molecule has 0 saturated carbocycles. The molecule has 1 aliphatic carbocycles. The Morgan fingerprint density at radius 1 is 1.27 bits per heavy atom. The van der Waals surface area contributed by atoms with Gasteiger partial charge in [0, 0.05) is 17.7 Å². The highest BCUT2D eigenvalue weighted by Gasteiger charge is 2.29. The Morgan fingerprint density at radius 3 is 2.77 bits per heavy atom. The van der Waals surface area contributed by atoms with Gasteiger partial charge in [-0.05, 0) is 73.7 Å². The highest BCUT2D eigenvalue weighted by Crippen LogP contribution is 2.39. The number of benzene rings is 2. The first-order chi connectivity index (χ1) is 19.4. The van der Waals surface area contributed by atoms with Gasteiger partial charge >= 0.3 is 5.97 Å². The summed E-state index contributed by atoms with van der Waals surface area (Å²) in [5.41, 5.74) is 3.92. The van der Waals surface area contributed by atoms with Crippen molar-refractivity contribution in [1.82, 2.24) is 35.9 Å². The van der Waals surface area contributed by atoms with Gasteiger partial charge in [-0.1, -0.05) is 11.1 Å². The van der Waals surface area contributed by atoms with E-state index in [0.717, 1.165) is 29.7 Å². The largest absolute Gasteiger partial charge is 0.467 e. The Bertz CT molecular complexity index is 1640. The van der Waals surface area contributed by atoms with Gasteiger partial charge in [0.2, 0.25) is 0 Å². The van der Waals surface area contributed by atoms with Crippen LogP contribution in [-0.4, -0.2) is 62.2 Å². The van der Waals surface area contributed by atoms with E-state index in [2.05, 4.69) is 46.7 Å². The number of carbonyl (C=O) groups is 2. The second-order valence-electron chi connectivity index (χ2n) is 9.57. The maximum absolute atomic E-state index is 13.0. The molecule has 4 aromatic rings. The number of terminal acetylenes is 1. The normalized spacial score (nSPS) is 14.8. The summed E-state index contributed by atoms with van der Waals surface area (Å²) in [5, 5.41) is 16.9. The molecule has 12 nitrogen and oxygen atoms in total. The number of fused-ring (bicyclic) bond motifs is 2. The van der Waals surface area contributed by atoms with E-state index >= 15 is 0 Å². The summed E-state index contributed by atoms with van der Waals surface area (Å²) >= 11 is 0. The molecule has 1 aliphatic rings. The van der Waals surface area contributed by atoms with Crippen molar-refractivity contribution in [2.75, 3.05) is 18.6 Å². The van der Waals surface area contributed by atoms with Crippen LogP contribution < -0.4 is 15.8 Å². The number of aryl methyl sites for hydroxylation is 3. The fourth-order valence-electron chi connectivity index (χ4n) is 5.14. The lowest BCUT2D eigenvalue weighted by atomic mass is 10.0. The molecule has 2 atom stereocenters. The van der Waals surface area contributed by atoms with Gasteiger partial charge in [-0.3, -0.25) is 9.59 Å². The Labute approximate surface area is 229 Å². The maximum atomic E-state index is 13.0. The third kappa shape index (κ3) is 5.40. The number of H-pyrrole nitrogens is 2. The maximum Gasteiger partial charge on any atom is 0.328 e. The lowest BCUT2D eigenvalue weighted by Gasteiger charge is -2.30. The van der Waals surface area contributed by atoms with Crippen molar-refractivity contribution in [3.05, 3.63) is 75.1 Å². The zero-order valence-corrected chi connectivity index (χ0v) is 22.1. The Hall–Kier alpha value is -5.05.